The predicted octanol–water partition coefficient (Wildman–Crippen LogP) is 3.79. The predicted molar refractivity (Wildman–Crippen MR) is 68.1 cm³/mol. The van der Waals surface area contributed by atoms with Crippen LogP contribution in [0.1, 0.15) is 44.1 Å². The molecule has 86 valence electrons. The summed E-state index contributed by atoms with van der Waals surface area (Å²) in [4.78, 5) is 0. The molecule has 0 saturated heterocycles. The van der Waals surface area contributed by atoms with E-state index >= 15 is 0 Å². The molecule has 0 heterocycles. The fourth-order valence-corrected chi connectivity index (χ4v) is 2.52. The van der Waals surface area contributed by atoms with Crippen LogP contribution in [-0.4, -0.2) is 10.7 Å². The van der Waals surface area contributed by atoms with Gasteiger partial charge in [0.15, 0.2) is 0 Å². The first-order valence-corrected chi connectivity index (χ1v) is 6.19. The lowest BCUT2D eigenvalue weighted by Crippen LogP contribution is -2.28. The van der Waals surface area contributed by atoms with Crippen molar-refractivity contribution in [2.45, 2.75) is 44.1 Å². The van der Waals surface area contributed by atoms with Crippen molar-refractivity contribution in [2.75, 3.05) is 0 Å². The van der Waals surface area contributed by atoms with Crippen LogP contribution in [0.15, 0.2) is 36.9 Å². The Hall–Kier alpha value is -1.08. The zero-order valence-electron chi connectivity index (χ0n) is 9.78. The molecule has 1 aliphatic rings. The molecule has 0 bridgehead atoms. The largest absolute Gasteiger partial charge is 0.385 e. The summed E-state index contributed by atoms with van der Waals surface area (Å²) in [5.74, 6) is 0. The summed E-state index contributed by atoms with van der Waals surface area (Å²) in [6.45, 7) is 4.11. The van der Waals surface area contributed by atoms with E-state index < -0.39 is 5.60 Å². The van der Waals surface area contributed by atoms with E-state index in [1.54, 1.807) is 0 Å². The fraction of sp³-hybridized carbons (Fsp3) is 0.467. The maximum Gasteiger partial charge on any atom is 0.0896 e. The maximum absolute atomic E-state index is 10.7. The first kappa shape index (κ1) is 11.4. The highest BCUT2D eigenvalue weighted by molar-refractivity contribution is 5.69. The first-order chi connectivity index (χ1) is 7.72. The Morgan fingerprint density at radius 3 is 2.12 bits per heavy atom. The molecule has 1 aliphatic carbocycles. The van der Waals surface area contributed by atoms with Crippen molar-refractivity contribution in [3.05, 3.63) is 42.5 Å². The summed E-state index contributed by atoms with van der Waals surface area (Å²) in [7, 11) is 0. The van der Waals surface area contributed by atoms with E-state index in [1.807, 2.05) is 30.3 Å². The van der Waals surface area contributed by atoms with E-state index in [0.717, 1.165) is 36.8 Å². The van der Waals surface area contributed by atoms with Crippen LogP contribution in [0.25, 0.3) is 5.57 Å². The summed E-state index contributed by atoms with van der Waals surface area (Å²) in [5.41, 5.74) is 1.31. The van der Waals surface area contributed by atoms with Gasteiger partial charge in [-0.05, 0) is 24.0 Å². The average Bonchev–Trinajstić information content (AvgIpc) is 2.55. The lowest BCUT2D eigenvalue weighted by atomic mass is 9.83. The highest BCUT2D eigenvalue weighted by atomic mass is 16.3. The summed E-state index contributed by atoms with van der Waals surface area (Å²) in [5, 5.41) is 10.7. The molecule has 1 aromatic carbocycles. The molecule has 16 heavy (non-hydrogen) atoms. The molecule has 1 nitrogen and oxygen atoms in total. The Morgan fingerprint density at radius 1 is 1.00 bits per heavy atom. The van der Waals surface area contributed by atoms with Crippen LogP contribution in [-0.2, 0) is 0 Å². The summed E-state index contributed by atoms with van der Waals surface area (Å²) < 4.78 is 0. The van der Waals surface area contributed by atoms with E-state index in [1.165, 1.54) is 12.8 Å². The van der Waals surface area contributed by atoms with Gasteiger partial charge in [-0.2, -0.15) is 0 Å². The quantitative estimate of drug-likeness (QED) is 0.746. The molecule has 1 aromatic rings. The highest BCUT2D eigenvalue weighted by Gasteiger charge is 2.31. The molecule has 1 heteroatoms. The van der Waals surface area contributed by atoms with E-state index in [2.05, 4.69) is 6.58 Å². The van der Waals surface area contributed by atoms with Gasteiger partial charge in [-0.3, -0.25) is 0 Å². The average molecular weight is 216 g/mol. The van der Waals surface area contributed by atoms with Gasteiger partial charge in [0.05, 0.1) is 5.60 Å². The molecule has 1 saturated carbocycles. The highest BCUT2D eigenvalue weighted by Crippen LogP contribution is 2.37. The second-order valence-electron chi connectivity index (χ2n) is 4.79. The minimum atomic E-state index is -0.669. The van der Waals surface area contributed by atoms with Gasteiger partial charge in [0.1, 0.15) is 0 Å². The second-order valence-corrected chi connectivity index (χ2v) is 4.79. The van der Waals surface area contributed by atoms with Gasteiger partial charge < -0.3 is 5.11 Å². The molecule has 0 radical (unpaired) electrons. The topological polar surface area (TPSA) is 20.2 Å². The third-order valence-electron chi connectivity index (χ3n) is 3.61. The fourth-order valence-electron chi connectivity index (χ4n) is 2.52. The lowest BCUT2D eigenvalue weighted by Gasteiger charge is -2.29. The lowest BCUT2D eigenvalue weighted by molar-refractivity contribution is 0.0855. The Morgan fingerprint density at radius 2 is 1.56 bits per heavy atom. The molecule has 0 atom stereocenters. The first-order valence-electron chi connectivity index (χ1n) is 6.19. The van der Waals surface area contributed by atoms with Crippen LogP contribution in [0.2, 0.25) is 0 Å². The Kier molecular flexibility index (Phi) is 3.45. The molecular weight excluding hydrogens is 196 g/mol. The van der Waals surface area contributed by atoms with Crippen LogP contribution in [0.5, 0.6) is 0 Å². The van der Waals surface area contributed by atoms with Gasteiger partial charge >= 0.3 is 0 Å². The van der Waals surface area contributed by atoms with E-state index in [4.69, 9.17) is 0 Å². The number of benzene rings is 1. The second kappa shape index (κ2) is 4.84. The van der Waals surface area contributed by atoms with Crippen molar-refractivity contribution in [1.29, 1.82) is 0 Å². The third kappa shape index (κ3) is 2.35. The van der Waals surface area contributed by atoms with E-state index in [9.17, 15) is 5.11 Å². The summed E-state index contributed by atoms with van der Waals surface area (Å²) >= 11 is 0. The number of hydrogen-bond acceptors (Lipinski definition) is 1. The van der Waals surface area contributed by atoms with Crippen molar-refractivity contribution >= 4 is 5.57 Å². The SMILES string of the molecule is C=C(c1ccccc1)C1(O)CCCCCC1. The van der Waals surface area contributed by atoms with Gasteiger partial charge in [0.25, 0.3) is 0 Å². The Bertz CT molecular complexity index is 345. The molecule has 0 aliphatic heterocycles. The number of rotatable bonds is 2. The van der Waals surface area contributed by atoms with Gasteiger partial charge in [-0.1, -0.05) is 62.6 Å². The molecule has 2 rings (SSSR count). The monoisotopic (exact) mass is 216 g/mol. The standard InChI is InChI=1S/C15H20O/c1-13(14-9-5-4-6-10-14)15(16)11-7-2-3-8-12-15/h4-6,9-10,16H,1-3,7-8,11-12H2. The zero-order valence-corrected chi connectivity index (χ0v) is 9.78. The van der Waals surface area contributed by atoms with Crippen LogP contribution in [0.4, 0.5) is 0 Å². The van der Waals surface area contributed by atoms with Crippen molar-refractivity contribution in [3.8, 4) is 0 Å². The van der Waals surface area contributed by atoms with Gasteiger partial charge in [-0.25, -0.2) is 0 Å². The summed E-state index contributed by atoms with van der Waals surface area (Å²) in [6.07, 6.45) is 6.43. The minimum absolute atomic E-state index is 0.669. The van der Waals surface area contributed by atoms with Crippen molar-refractivity contribution < 1.29 is 5.11 Å². The molecule has 0 aromatic heterocycles. The molecule has 0 spiro atoms. The minimum Gasteiger partial charge on any atom is -0.385 e. The summed E-state index contributed by atoms with van der Waals surface area (Å²) in [6, 6.07) is 10.1. The van der Waals surface area contributed by atoms with Crippen LogP contribution < -0.4 is 0 Å². The van der Waals surface area contributed by atoms with E-state index in [-0.39, 0.29) is 0 Å². The zero-order chi connectivity index (χ0) is 11.4. The van der Waals surface area contributed by atoms with Crippen molar-refractivity contribution in [1.82, 2.24) is 0 Å². The smallest absolute Gasteiger partial charge is 0.0896 e. The number of hydrogen-bond donors (Lipinski definition) is 1. The maximum atomic E-state index is 10.7. The van der Waals surface area contributed by atoms with E-state index in [0.29, 0.717) is 0 Å². The Labute approximate surface area is 97.8 Å². The molecule has 1 N–H and O–H groups in total. The molecular formula is C15H20O. The Balaban J connectivity index is 2.19. The van der Waals surface area contributed by atoms with Gasteiger partial charge in [0, 0.05) is 0 Å². The third-order valence-corrected chi connectivity index (χ3v) is 3.61. The number of aliphatic hydroxyl groups is 1. The van der Waals surface area contributed by atoms with Crippen molar-refractivity contribution in [2.24, 2.45) is 0 Å². The van der Waals surface area contributed by atoms with Gasteiger partial charge in [-0.15, -0.1) is 0 Å². The molecule has 0 unspecified atom stereocenters. The molecule has 1 fully saturated rings. The normalized spacial score (nSPS) is 20.1. The van der Waals surface area contributed by atoms with Crippen LogP contribution >= 0.6 is 0 Å². The van der Waals surface area contributed by atoms with Crippen molar-refractivity contribution in [3.63, 3.8) is 0 Å². The van der Waals surface area contributed by atoms with Crippen LogP contribution in [0.3, 0.4) is 0 Å². The van der Waals surface area contributed by atoms with Crippen LogP contribution in [0, 0.1) is 0 Å². The molecule has 0 amide bonds. The van der Waals surface area contributed by atoms with Gasteiger partial charge in [0.2, 0.25) is 0 Å².